The molecule has 4 heteroatoms. The van der Waals surface area contributed by atoms with Gasteiger partial charge < -0.3 is 9.80 Å². The summed E-state index contributed by atoms with van der Waals surface area (Å²) in [5, 5.41) is 0. The summed E-state index contributed by atoms with van der Waals surface area (Å²) in [6.07, 6.45) is 0. The van der Waals surface area contributed by atoms with Crippen LogP contribution >= 0.6 is 0 Å². The van der Waals surface area contributed by atoms with Gasteiger partial charge in [-0.15, -0.1) is 0 Å². The van der Waals surface area contributed by atoms with Gasteiger partial charge in [0.2, 0.25) is 0 Å². The van der Waals surface area contributed by atoms with E-state index in [0.717, 1.165) is 26.2 Å². The molecule has 1 rings (SSSR count). The molecule has 0 N–H and O–H groups in total. The Kier molecular flexibility index (Phi) is 9.71. The summed E-state index contributed by atoms with van der Waals surface area (Å²) in [7, 11) is 0. The van der Waals surface area contributed by atoms with E-state index in [-0.39, 0.29) is 11.8 Å². The maximum absolute atomic E-state index is 13.0. The van der Waals surface area contributed by atoms with Crippen LogP contribution in [-0.4, -0.2) is 47.8 Å². The number of nitrogens with zero attached hydrogens (tertiary/aromatic N) is 2. The molecule has 0 aliphatic carbocycles. The summed E-state index contributed by atoms with van der Waals surface area (Å²) in [5.74, 6) is 1.77. The third-order valence-electron chi connectivity index (χ3n) is 4.30. The first-order chi connectivity index (χ1) is 13.0. The molecule has 0 aliphatic rings. The fourth-order valence-corrected chi connectivity index (χ4v) is 3.36. The quantitative estimate of drug-likeness (QED) is 0.553. The Hall–Kier alpha value is -1.84. The summed E-state index contributed by atoms with van der Waals surface area (Å²) in [4.78, 5) is 29.8. The van der Waals surface area contributed by atoms with Crippen LogP contribution in [0.25, 0.3) is 0 Å². The van der Waals surface area contributed by atoms with Crippen LogP contribution in [0.4, 0.5) is 0 Å². The molecule has 0 aromatic heterocycles. The van der Waals surface area contributed by atoms with Gasteiger partial charge >= 0.3 is 0 Å². The van der Waals surface area contributed by atoms with E-state index in [1.807, 2.05) is 9.80 Å². The van der Waals surface area contributed by atoms with Gasteiger partial charge in [0.1, 0.15) is 0 Å². The minimum Gasteiger partial charge on any atom is -0.338 e. The van der Waals surface area contributed by atoms with Crippen LogP contribution in [0.3, 0.4) is 0 Å². The van der Waals surface area contributed by atoms with Crippen molar-refractivity contribution in [3.05, 3.63) is 35.4 Å². The molecular formula is C24H40N2O2. The molecular weight excluding hydrogens is 348 g/mol. The number of hydrogen-bond acceptors (Lipinski definition) is 2. The molecule has 1 aromatic rings. The predicted octanol–water partition coefficient (Wildman–Crippen LogP) is 5.20. The first-order valence-corrected chi connectivity index (χ1v) is 10.7. The normalized spacial score (nSPS) is 11.6. The predicted molar refractivity (Wildman–Crippen MR) is 118 cm³/mol. The number of hydrogen-bond donors (Lipinski definition) is 0. The molecule has 0 radical (unpaired) electrons. The van der Waals surface area contributed by atoms with Crippen LogP contribution < -0.4 is 0 Å². The first-order valence-electron chi connectivity index (χ1n) is 10.7. The lowest BCUT2D eigenvalue weighted by molar-refractivity contribution is 0.0704. The third kappa shape index (κ3) is 8.04. The van der Waals surface area contributed by atoms with Crippen molar-refractivity contribution in [2.75, 3.05) is 26.2 Å². The van der Waals surface area contributed by atoms with Crippen LogP contribution in [0, 0.1) is 23.7 Å². The Morgan fingerprint density at radius 3 is 0.964 bits per heavy atom. The van der Waals surface area contributed by atoms with Crippen molar-refractivity contribution in [3.8, 4) is 0 Å². The van der Waals surface area contributed by atoms with Gasteiger partial charge in [0.25, 0.3) is 11.8 Å². The van der Waals surface area contributed by atoms with Crippen molar-refractivity contribution in [2.24, 2.45) is 23.7 Å². The SMILES string of the molecule is CC(C)CN(CC(C)C)C(=O)c1ccc(C(=O)N(CC(C)C)CC(C)C)cc1. The van der Waals surface area contributed by atoms with Crippen LogP contribution in [0.5, 0.6) is 0 Å². The molecule has 0 unspecified atom stereocenters. The van der Waals surface area contributed by atoms with Crippen molar-refractivity contribution in [1.82, 2.24) is 9.80 Å². The summed E-state index contributed by atoms with van der Waals surface area (Å²) < 4.78 is 0. The van der Waals surface area contributed by atoms with Gasteiger partial charge in [0.05, 0.1) is 0 Å². The number of carbonyl (C=O) groups is 2. The van der Waals surface area contributed by atoms with Gasteiger partial charge in [-0.2, -0.15) is 0 Å². The molecule has 158 valence electrons. The summed E-state index contributed by atoms with van der Waals surface area (Å²) in [6, 6.07) is 7.19. The van der Waals surface area contributed by atoms with Crippen molar-refractivity contribution in [2.45, 2.75) is 55.4 Å². The van der Waals surface area contributed by atoms with E-state index in [1.165, 1.54) is 0 Å². The fraction of sp³-hybridized carbons (Fsp3) is 0.667. The van der Waals surface area contributed by atoms with E-state index in [9.17, 15) is 9.59 Å². The molecule has 0 bridgehead atoms. The average Bonchev–Trinajstić information content (AvgIpc) is 2.58. The topological polar surface area (TPSA) is 40.6 Å². The molecule has 0 atom stereocenters. The Bertz CT molecular complexity index is 543. The van der Waals surface area contributed by atoms with Gasteiger partial charge in [-0.1, -0.05) is 55.4 Å². The molecule has 0 saturated heterocycles. The van der Waals surface area contributed by atoms with E-state index in [4.69, 9.17) is 0 Å². The second kappa shape index (κ2) is 11.2. The fourth-order valence-electron chi connectivity index (χ4n) is 3.36. The highest BCUT2D eigenvalue weighted by molar-refractivity contribution is 5.97. The number of benzene rings is 1. The van der Waals surface area contributed by atoms with E-state index in [1.54, 1.807) is 24.3 Å². The zero-order chi connectivity index (χ0) is 21.4. The Balaban J connectivity index is 2.98. The monoisotopic (exact) mass is 388 g/mol. The standard InChI is InChI=1S/C24H40N2O2/c1-17(2)13-25(14-18(3)4)23(27)21-9-11-22(12-10-21)24(28)26(15-19(5)6)16-20(7)8/h9-12,17-20H,13-16H2,1-8H3. The molecule has 1 aromatic carbocycles. The molecule has 0 saturated carbocycles. The van der Waals surface area contributed by atoms with Crippen LogP contribution in [0.15, 0.2) is 24.3 Å². The number of rotatable bonds is 10. The molecule has 4 nitrogen and oxygen atoms in total. The maximum Gasteiger partial charge on any atom is 0.253 e. The molecule has 2 amide bonds. The zero-order valence-corrected chi connectivity index (χ0v) is 19.2. The zero-order valence-electron chi connectivity index (χ0n) is 19.2. The lowest BCUT2D eigenvalue weighted by Crippen LogP contribution is -2.37. The molecule has 0 spiro atoms. The van der Waals surface area contributed by atoms with Gasteiger partial charge in [-0.25, -0.2) is 0 Å². The second-order valence-electron chi connectivity index (χ2n) is 9.57. The van der Waals surface area contributed by atoms with Gasteiger partial charge in [0, 0.05) is 37.3 Å². The van der Waals surface area contributed by atoms with Crippen molar-refractivity contribution >= 4 is 11.8 Å². The highest BCUT2D eigenvalue weighted by atomic mass is 16.2. The maximum atomic E-state index is 13.0. The molecule has 0 aliphatic heterocycles. The highest BCUT2D eigenvalue weighted by Gasteiger charge is 2.21. The minimum absolute atomic E-state index is 0.0441. The van der Waals surface area contributed by atoms with Crippen molar-refractivity contribution in [3.63, 3.8) is 0 Å². The Labute approximate surface area is 172 Å². The molecule has 28 heavy (non-hydrogen) atoms. The third-order valence-corrected chi connectivity index (χ3v) is 4.30. The van der Waals surface area contributed by atoms with Gasteiger partial charge in [0.15, 0.2) is 0 Å². The highest BCUT2D eigenvalue weighted by Crippen LogP contribution is 2.15. The Morgan fingerprint density at radius 1 is 0.571 bits per heavy atom. The molecule has 0 heterocycles. The lowest BCUT2D eigenvalue weighted by atomic mass is 10.1. The van der Waals surface area contributed by atoms with Gasteiger partial charge in [-0.05, 0) is 47.9 Å². The number of carbonyl (C=O) groups excluding carboxylic acids is 2. The number of amides is 2. The lowest BCUT2D eigenvalue weighted by Gasteiger charge is -2.27. The average molecular weight is 389 g/mol. The summed E-state index contributed by atoms with van der Waals surface area (Å²) in [5.41, 5.74) is 1.30. The largest absolute Gasteiger partial charge is 0.338 e. The van der Waals surface area contributed by atoms with E-state index in [2.05, 4.69) is 55.4 Å². The summed E-state index contributed by atoms with van der Waals surface area (Å²) >= 11 is 0. The van der Waals surface area contributed by atoms with Gasteiger partial charge in [-0.3, -0.25) is 9.59 Å². The van der Waals surface area contributed by atoms with E-state index < -0.39 is 0 Å². The second-order valence-corrected chi connectivity index (χ2v) is 9.57. The van der Waals surface area contributed by atoms with Crippen LogP contribution in [-0.2, 0) is 0 Å². The van der Waals surface area contributed by atoms with E-state index >= 15 is 0 Å². The summed E-state index contributed by atoms with van der Waals surface area (Å²) in [6.45, 7) is 20.0. The molecule has 0 fully saturated rings. The first kappa shape index (κ1) is 24.2. The van der Waals surface area contributed by atoms with Crippen molar-refractivity contribution < 1.29 is 9.59 Å². The Morgan fingerprint density at radius 2 is 0.786 bits per heavy atom. The smallest absolute Gasteiger partial charge is 0.253 e. The minimum atomic E-state index is 0.0441. The van der Waals surface area contributed by atoms with Crippen LogP contribution in [0.1, 0.15) is 76.1 Å². The van der Waals surface area contributed by atoms with Crippen LogP contribution in [0.2, 0.25) is 0 Å². The van der Waals surface area contributed by atoms with Crippen molar-refractivity contribution in [1.29, 1.82) is 0 Å². The van der Waals surface area contributed by atoms with E-state index in [0.29, 0.717) is 34.8 Å².